The fraction of sp³-hybridized carbons (Fsp3) is 0.333. The lowest BCUT2D eigenvalue weighted by atomic mass is 10.1. The van der Waals surface area contributed by atoms with Crippen LogP contribution in [-0.2, 0) is 0 Å². The van der Waals surface area contributed by atoms with E-state index in [4.69, 9.17) is 4.74 Å². The van der Waals surface area contributed by atoms with Gasteiger partial charge in [0.25, 0.3) is 5.91 Å². The molecule has 0 bridgehead atoms. The molecule has 2 aromatic heterocycles. The molecular formula is C27H30N6O2. The zero-order valence-corrected chi connectivity index (χ0v) is 20.3. The van der Waals surface area contributed by atoms with Crippen molar-refractivity contribution >= 4 is 22.6 Å². The van der Waals surface area contributed by atoms with E-state index in [1.54, 1.807) is 12.1 Å². The van der Waals surface area contributed by atoms with Crippen LogP contribution >= 0.6 is 0 Å². The molecule has 1 N–H and O–H groups in total. The van der Waals surface area contributed by atoms with Gasteiger partial charge in [0.2, 0.25) is 0 Å². The number of carbonyl (C=O) groups excluding carboxylic acids is 1. The maximum absolute atomic E-state index is 12.9. The quantitative estimate of drug-likeness (QED) is 0.436. The molecule has 35 heavy (non-hydrogen) atoms. The van der Waals surface area contributed by atoms with E-state index in [2.05, 4.69) is 46.4 Å². The second-order valence-electron chi connectivity index (χ2n) is 9.41. The van der Waals surface area contributed by atoms with Gasteiger partial charge in [-0.25, -0.2) is 0 Å². The van der Waals surface area contributed by atoms with E-state index < -0.39 is 0 Å². The van der Waals surface area contributed by atoms with E-state index >= 15 is 0 Å². The predicted molar refractivity (Wildman–Crippen MR) is 137 cm³/mol. The maximum atomic E-state index is 12.9. The van der Waals surface area contributed by atoms with Gasteiger partial charge < -0.3 is 15.0 Å². The average Bonchev–Trinajstić information content (AvgIpc) is 3.36. The smallest absolute Gasteiger partial charge is 0.256 e. The summed E-state index contributed by atoms with van der Waals surface area (Å²) in [7, 11) is 2.12. The zero-order valence-electron chi connectivity index (χ0n) is 20.3. The Bertz CT molecular complexity index is 1340. The second kappa shape index (κ2) is 9.84. The number of nitrogens with one attached hydrogen (secondary N) is 1. The number of anilines is 1. The molecule has 1 fully saturated rings. The molecule has 2 aromatic carbocycles. The number of ether oxygens (including phenoxy) is 1. The van der Waals surface area contributed by atoms with Gasteiger partial charge in [-0.3, -0.25) is 9.48 Å². The van der Waals surface area contributed by atoms with Crippen LogP contribution in [0.4, 0.5) is 5.82 Å². The van der Waals surface area contributed by atoms with Crippen LogP contribution in [-0.4, -0.2) is 57.0 Å². The van der Waals surface area contributed by atoms with Gasteiger partial charge in [0.1, 0.15) is 11.9 Å². The van der Waals surface area contributed by atoms with Crippen molar-refractivity contribution in [2.75, 3.05) is 25.5 Å². The number of hydrogen-bond acceptors (Lipinski definition) is 6. The highest BCUT2D eigenvalue weighted by molar-refractivity contribution is 6.04. The Balaban J connectivity index is 1.31. The molecule has 1 aliphatic rings. The van der Waals surface area contributed by atoms with E-state index in [0.29, 0.717) is 23.2 Å². The Morgan fingerprint density at radius 3 is 2.66 bits per heavy atom. The predicted octanol–water partition coefficient (Wildman–Crippen LogP) is 4.80. The van der Waals surface area contributed by atoms with Gasteiger partial charge in [-0.1, -0.05) is 12.1 Å². The van der Waals surface area contributed by atoms with E-state index in [1.165, 1.54) is 0 Å². The third-order valence-electron chi connectivity index (χ3n) is 6.36. The summed E-state index contributed by atoms with van der Waals surface area (Å²) in [6.45, 7) is 6.23. The van der Waals surface area contributed by atoms with Crippen LogP contribution in [0, 0.1) is 0 Å². The van der Waals surface area contributed by atoms with Crippen molar-refractivity contribution < 1.29 is 9.53 Å². The number of amides is 1. The minimum Gasteiger partial charge on any atom is -0.490 e. The number of aromatic nitrogens is 4. The molecule has 8 heteroatoms. The Labute approximate surface area is 204 Å². The number of nitrogens with zero attached hydrogens (tertiary/aromatic N) is 5. The lowest BCUT2D eigenvalue weighted by molar-refractivity contribution is 0.102. The summed E-state index contributed by atoms with van der Waals surface area (Å²) in [5, 5.41) is 16.7. The topological polar surface area (TPSA) is 85.2 Å². The Morgan fingerprint density at radius 2 is 1.89 bits per heavy atom. The van der Waals surface area contributed by atoms with Gasteiger partial charge in [-0.15, -0.1) is 10.2 Å². The molecule has 180 valence electrons. The van der Waals surface area contributed by atoms with Gasteiger partial charge in [0.05, 0.1) is 11.7 Å². The Morgan fingerprint density at radius 1 is 1.06 bits per heavy atom. The fourth-order valence-electron chi connectivity index (χ4n) is 4.25. The van der Waals surface area contributed by atoms with Crippen LogP contribution in [0.3, 0.4) is 0 Å². The van der Waals surface area contributed by atoms with Gasteiger partial charge in [0, 0.05) is 41.8 Å². The SMILES string of the molecule is CC(C)n1cc(-c2ccc3nnc(NC(=O)c4cccc(OC5CCN(C)CC5)c4)cc3c2)cn1. The van der Waals surface area contributed by atoms with E-state index in [9.17, 15) is 4.79 Å². The largest absolute Gasteiger partial charge is 0.490 e. The minimum absolute atomic E-state index is 0.178. The standard InChI is InChI=1S/C27H30N6O2/c1-18(2)33-17-22(16-28-33)19-7-8-25-21(13-19)15-26(31-30-25)29-27(34)20-5-4-6-24(14-20)35-23-9-11-32(3)12-10-23/h4-8,13-18,23H,9-12H2,1-3H3,(H,29,31,34). The molecule has 0 atom stereocenters. The molecule has 1 saturated heterocycles. The summed E-state index contributed by atoms with van der Waals surface area (Å²) in [6, 6.07) is 15.4. The van der Waals surface area contributed by atoms with E-state index in [-0.39, 0.29) is 12.0 Å². The number of hydrogen-bond donors (Lipinski definition) is 1. The number of piperidine rings is 1. The summed E-state index contributed by atoms with van der Waals surface area (Å²) >= 11 is 0. The summed E-state index contributed by atoms with van der Waals surface area (Å²) in [5.41, 5.74) is 3.35. The normalized spacial score (nSPS) is 15.0. The molecule has 3 heterocycles. The zero-order chi connectivity index (χ0) is 24.4. The number of likely N-dealkylation sites (tertiary alicyclic amines) is 1. The van der Waals surface area contributed by atoms with Gasteiger partial charge in [-0.2, -0.15) is 5.10 Å². The summed E-state index contributed by atoms with van der Waals surface area (Å²) in [5.74, 6) is 0.865. The third-order valence-corrected chi connectivity index (χ3v) is 6.36. The molecule has 4 aromatic rings. The molecule has 8 nitrogen and oxygen atoms in total. The van der Waals surface area contributed by atoms with Crippen molar-refractivity contribution in [1.82, 2.24) is 24.9 Å². The lowest BCUT2D eigenvalue weighted by Crippen LogP contribution is -2.35. The number of carbonyl (C=O) groups is 1. The monoisotopic (exact) mass is 470 g/mol. The van der Waals surface area contributed by atoms with Crippen LogP contribution in [0.5, 0.6) is 5.75 Å². The summed E-state index contributed by atoms with van der Waals surface area (Å²) in [4.78, 5) is 15.2. The first kappa shape index (κ1) is 23.0. The van der Waals surface area contributed by atoms with Crippen LogP contribution in [0.15, 0.2) is 60.9 Å². The average molecular weight is 471 g/mol. The van der Waals surface area contributed by atoms with Crippen molar-refractivity contribution in [3.05, 3.63) is 66.5 Å². The van der Waals surface area contributed by atoms with Crippen LogP contribution in [0.2, 0.25) is 0 Å². The highest BCUT2D eigenvalue weighted by atomic mass is 16.5. The number of fused-ring (bicyclic) bond motifs is 1. The lowest BCUT2D eigenvalue weighted by Gasteiger charge is -2.29. The first-order valence-electron chi connectivity index (χ1n) is 12.0. The molecule has 0 spiro atoms. The molecule has 5 rings (SSSR count). The molecule has 0 unspecified atom stereocenters. The number of rotatable bonds is 6. The first-order chi connectivity index (χ1) is 16.9. The third kappa shape index (κ3) is 5.33. The highest BCUT2D eigenvalue weighted by Crippen LogP contribution is 2.25. The minimum atomic E-state index is -0.248. The molecule has 0 radical (unpaired) electrons. The van der Waals surface area contributed by atoms with E-state index in [1.807, 2.05) is 53.5 Å². The van der Waals surface area contributed by atoms with Crippen molar-refractivity contribution in [3.8, 4) is 16.9 Å². The molecule has 0 aliphatic carbocycles. The fourth-order valence-corrected chi connectivity index (χ4v) is 4.25. The molecule has 0 saturated carbocycles. The Hall–Kier alpha value is -3.78. The van der Waals surface area contributed by atoms with Gasteiger partial charge in [-0.05, 0) is 75.7 Å². The van der Waals surface area contributed by atoms with Crippen LogP contribution in [0.1, 0.15) is 43.1 Å². The maximum Gasteiger partial charge on any atom is 0.256 e. The van der Waals surface area contributed by atoms with Crippen molar-refractivity contribution in [3.63, 3.8) is 0 Å². The number of benzene rings is 2. The molecule has 1 amide bonds. The van der Waals surface area contributed by atoms with Crippen molar-refractivity contribution in [2.45, 2.75) is 38.8 Å². The summed E-state index contributed by atoms with van der Waals surface area (Å²) < 4.78 is 8.06. The van der Waals surface area contributed by atoms with Crippen LogP contribution in [0.25, 0.3) is 22.0 Å². The second-order valence-corrected chi connectivity index (χ2v) is 9.41. The van der Waals surface area contributed by atoms with Gasteiger partial charge in [0.15, 0.2) is 5.82 Å². The molecule has 1 aliphatic heterocycles. The van der Waals surface area contributed by atoms with Crippen molar-refractivity contribution in [2.24, 2.45) is 0 Å². The molecular weight excluding hydrogens is 440 g/mol. The van der Waals surface area contributed by atoms with Crippen LogP contribution < -0.4 is 10.1 Å². The first-order valence-corrected chi connectivity index (χ1v) is 12.0. The summed E-state index contributed by atoms with van der Waals surface area (Å²) in [6.07, 6.45) is 6.04. The Kier molecular flexibility index (Phi) is 6.46. The van der Waals surface area contributed by atoms with Crippen molar-refractivity contribution in [1.29, 1.82) is 0 Å². The van der Waals surface area contributed by atoms with Gasteiger partial charge >= 0.3 is 0 Å². The van der Waals surface area contributed by atoms with E-state index in [0.717, 1.165) is 48.0 Å². The highest BCUT2D eigenvalue weighted by Gasteiger charge is 2.18.